The highest BCUT2D eigenvalue weighted by Gasteiger charge is 2.00. The van der Waals surface area contributed by atoms with Crippen LogP contribution in [0.5, 0.6) is 0 Å². The monoisotopic (exact) mass is 186 g/mol. The van der Waals surface area contributed by atoms with Gasteiger partial charge >= 0.3 is 5.97 Å². The van der Waals surface area contributed by atoms with E-state index in [2.05, 4.69) is 11.7 Å². The molecule has 0 amide bonds. The summed E-state index contributed by atoms with van der Waals surface area (Å²) < 4.78 is 4.59. The van der Waals surface area contributed by atoms with E-state index in [9.17, 15) is 9.59 Å². The number of carbonyl (C=O) groups is 2. The number of hydrogen-bond donors (Lipinski definition) is 0. The first-order valence-electron chi connectivity index (χ1n) is 4.90. The molecule has 0 fully saturated rings. The van der Waals surface area contributed by atoms with Crippen LogP contribution < -0.4 is 0 Å². The van der Waals surface area contributed by atoms with Crippen molar-refractivity contribution in [3.05, 3.63) is 0 Å². The standard InChI is InChI=1S/C10H18O3/c1-2-3-4-5-6-7-10(12)13-9-8-11/h8H,2-7,9H2,1H3. The maximum absolute atomic E-state index is 10.9. The second-order valence-electron chi connectivity index (χ2n) is 3.01. The van der Waals surface area contributed by atoms with E-state index in [0.717, 1.165) is 12.8 Å². The van der Waals surface area contributed by atoms with Crippen molar-refractivity contribution in [1.29, 1.82) is 0 Å². The first-order chi connectivity index (χ1) is 6.31. The summed E-state index contributed by atoms with van der Waals surface area (Å²) in [6, 6.07) is 0. The zero-order valence-electron chi connectivity index (χ0n) is 8.25. The smallest absolute Gasteiger partial charge is 0.306 e. The largest absolute Gasteiger partial charge is 0.458 e. The molecule has 0 aliphatic rings. The summed E-state index contributed by atoms with van der Waals surface area (Å²) in [5.41, 5.74) is 0. The van der Waals surface area contributed by atoms with Crippen LogP contribution in [0.1, 0.15) is 45.4 Å². The lowest BCUT2D eigenvalue weighted by Crippen LogP contribution is -2.05. The van der Waals surface area contributed by atoms with E-state index in [-0.39, 0.29) is 12.6 Å². The van der Waals surface area contributed by atoms with Gasteiger partial charge in [-0.25, -0.2) is 0 Å². The molecule has 0 saturated carbocycles. The van der Waals surface area contributed by atoms with Gasteiger partial charge in [0.1, 0.15) is 6.61 Å². The molecule has 0 heterocycles. The molecule has 0 unspecified atom stereocenters. The van der Waals surface area contributed by atoms with E-state index in [1.165, 1.54) is 19.3 Å². The maximum Gasteiger partial charge on any atom is 0.306 e. The van der Waals surface area contributed by atoms with E-state index >= 15 is 0 Å². The molecular formula is C10H18O3. The SMILES string of the molecule is CCCCCCCC(=O)OCC=O. The Kier molecular flexibility index (Phi) is 8.62. The van der Waals surface area contributed by atoms with Crippen molar-refractivity contribution in [3.63, 3.8) is 0 Å². The third kappa shape index (κ3) is 9.05. The van der Waals surface area contributed by atoms with Gasteiger partial charge in [0.05, 0.1) is 0 Å². The predicted molar refractivity (Wildman–Crippen MR) is 50.4 cm³/mol. The van der Waals surface area contributed by atoms with Crippen molar-refractivity contribution >= 4 is 12.3 Å². The van der Waals surface area contributed by atoms with E-state index in [1.54, 1.807) is 0 Å². The zero-order chi connectivity index (χ0) is 9.94. The van der Waals surface area contributed by atoms with Crippen LogP contribution in [0.15, 0.2) is 0 Å². The minimum absolute atomic E-state index is 0.103. The summed E-state index contributed by atoms with van der Waals surface area (Å²) >= 11 is 0. The molecule has 0 atom stereocenters. The van der Waals surface area contributed by atoms with E-state index in [1.807, 2.05) is 0 Å². The summed E-state index contributed by atoms with van der Waals surface area (Å²) in [5, 5.41) is 0. The Morgan fingerprint density at radius 2 is 1.92 bits per heavy atom. The molecule has 0 radical (unpaired) electrons. The Bertz CT molecular complexity index is 143. The van der Waals surface area contributed by atoms with Gasteiger partial charge in [-0.15, -0.1) is 0 Å². The summed E-state index contributed by atoms with van der Waals surface area (Å²) in [5.74, 6) is -0.261. The molecule has 0 aliphatic carbocycles. The van der Waals surface area contributed by atoms with Gasteiger partial charge in [0, 0.05) is 6.42 Å². The van der Waals surface area contributed by atoms with Gasteiger partial charge in [-0.05, 0) is 6.42 Å². The summed E-state index contributed by atoms with van der Waals surface area (Å²) in [6.45, 7) is 2.05. The molecule has 0 aromatic carbocycles. The zero-order valence-corrected chi connectivity index (χ0v) is 8.25. The molecular weight excluding hydrogens is 168 g/mol. The van der Waals surface area contributed by atoms with Crippen molar-refractivity contribution in [3.8, 4) is 0 Å². The van der Waals surface area contributed by atoms with Crippen LogP contribution in [0.3, 0.4) is 0 Å². The Hall–Kier alpha value is -0.860. The maximum atomic E-state index is 10.9. The number of ether oxygens (including phenoxy) is 1. The fourth-order valence-electron chi connectivity index (χ4n) is 1.07. The molecule has 76 valence electrons. The Morgan fingerprint density at radius 1 is 1.23 bits per heavy atom. The number of hydrogen-bond acceptors (Lipinski definition) is 3. The van der Waals surface area contributed by atoms with E-state index in [4.69, 9.17) is 0 Å². The lowest BCUT2D eigenvalue weighted by molar-refractivity contribution is -0.145. The minimum atomic E-state index is -0.261. The van der Waals surface area contributed by atoms with Crippen LogP contribution in [0, 0.1) is 0 Å². The highest BCUT2D eigenvalue weighted by molar-refractivity contribution is 5.71. The molecule has 13 heavy (non-hydrogen) atoms. The second-order valence-corrected chi connectivity index (χ2v) is 3.01. The number of aldehydes is 1. The quantitative estimate of drug-likeness (QED) is 0.331. The minimum Gasteiger partial charge on any atom is -0.458 e. The fraction of sp³-hybridized carbons (Fsp3) is 0.800. The molecule has 0 aromatic rings. The number of esters is 1. The van der Waals surface area contributed by atoms with Crippen LogP contribution in [0.4, 0.5) is 0 Å². The van der Waals surface area contributed by atoms with Crippen molar-refractivity contribution in [1.82, 2.24) is 0 Å². The van der Waals surface area contributed by atoms with Crippen molar-refractivity contribution in [2.24, 2.45) is 0 Å². The molecule has 0 N–H and O–H groups in total. The van der Waals surface area contributed by atoms with Crippen molar-refractivity contribution in [2.45, 2.75) is 45.4 Å². The van der Waals surface area contributed by atoms with Gasteiger partial charge in [-0.3, -0.25) is 9.59 Å². The molecule has 0 saturated heterocycles. The summed E-state index contributed by atoms with van der Waals surface area (Å²) in [7, 11) is 0. The van der Waals surface area contributed by atoms with Gasteiger partial charge in [0.2, 0.25) is 0 Å². The molecule has 0 aromatic heterocycles. The molecule has 0 aliphatic heterocycles. The second kappa shape index (κ2) is 9.23. The highest BCUT2D eigenvalue weighted by atomic mass is 16.5. The number of rotatable bonds is 8. The van der Waals surface area contributed by atoms with Crippen molar-refractivity contribution < 1.29 is 14.3 Å². The van der Waals surface area contributed by atoms with Gasteiger partial charge in [0.25, 0.3) is 0 Å². The molecule has 0 bridgehead atoms. The number of unbranched alkanes of at least 4 members (excludes halogenated alkanes) is 4. The Balaban J connectivity index is 3.12. The lowest BCUT2D eigenvalue weighted by atomic mass is 10.1. The molecule has 0 rings (SSSR count). The summed E-state index contributed by atoms with van der Waals surface area (Å²) in [4.78, 5) is 20.7. The fourth-order valence-corrected chi connectivity index (χ4v) is 1.07. The molecule has 0 spiro atoms. The highest BCUT2D eigenvalue weighted by Crippen LogP contribution is 2.05. The van der Waals surface area contributed by atoms with Gasteiger partial charge < -0.3 is 4.74 Å². The first kappa shape index (κ1) is 12.1. The van der Waals surface area contributed by atoms with Crippen LogP contribution in [0.2, 0.25) is 0 Å². The van der Waals surface area contributed by atoms with Crippen LogP contribution in [0.25, 0.3) is 0 Å². The molecule has 3 heteroatoms. The topological polar surface area (TPSA) is 43.4 Å². The van der Waals surface area contributed by atoms with Gasteiger partial charge in [-0.2, -0.15) is 0 Å². The normalized spacial score (nSPS) is 9.62. The van der Waals surface area contributed by atoms with Crippen LogP contribution >= 0.6 is 0 Å². The lowest BCUT2D eigenvalue weighted by Gasteiger charge is -2.00. The average Bonchev–Trinajstić information content (AvgIpc) is 2.14. The summed E-state index contributed by atoms with van der Waals surface area (Å²) in [6.07, 6.45) is 6.59. The van der Waals surface area contributed by atoms with E-state index in [0.29, 0.717) is 12.7 Å². The number of carbonyl (C=O) groups excluding carboxylic acids is 2. The predicted octanol–water partition coefficient (Wildman–Crippen LogP) is 2.09. The van der Waals surface area contributed by atoms with Crippen molar-refractivity contribution in [2.75, 3.05) is 6.61 Å². The van der Waals surface area contributed by atoms with Crippen LogP contribution in [-0.4, -0.2) is 18.9 Å². The first-order valence-corrected chi connectivity index (χ1v) is 4.90. The third-order valence-corrected chi connectivity index (χ3v) is 1.80. The molecule has 3 nitrogen and oxygen atoms in total. The van der Waals surface area contributed by atoms with Crippen LogP contribution in [-0.2, 0) is 14.3 Å². The Morgan fingerprint density at radius 3 is 2.54 bits per heavy atom. The van der Waals surface area contributed by atoms with E-state index < -0.39 is 0 Å². The van der Waals surface area contributed by atoms with Gasteiger partial charge in [-0.1, -0.05) is 32.6 Å². The Labute approximate surface area is 79.5 Å². The third-order valence-electron chi connectivity index (χ3n) is 1.80. The average molecular weight is 186 g/mol. The van der Waals surface area contributed by atoms with Gasteiger partial charge in [0.15, 0.2) is 6.29 Å².